The van der Waals surface area contributed by atoms with Gasteiger partial charge in [-0.3, -0.25) is 4.79 Å². The molecule has 4 aromatic rings. The summed E-state index contributed by atoms with van der Waals surface area (Å²) in [6, 6.07) is 16.7. The summed E-state index contributed by atoms with van der Waals surface area (Å²) in [4.78, 5) is 19.8. The van der Waals surface area contributed by atoms with Gasteiger partial charge in [-0.15, -0.1) is 0 Å². The number of piperidine rings is 1. The molecule has 0 radical (unpaired) electrons. The molecule has 170 valence electrons. The normalized spacial score (nSPS) is 14.7. The van der Waals surface area contributed by atoms with Gasteiger partial charge in [0.15, 0.2) is 10.8 Å². The molecule has 7 heteroatoms. The Morgan fingerprint density at radius 2 is 1.82 bits per heavy atom. The number of carbonyl (C=O) groups excluding carboxylic acids is 1. The predicted octanol–water partition coefficient (Wildman–Crippen LogP) is 4.73. The number of aryl methyl sites for hydroxylation is 3. The lowest BCUT2D eigenvalue weighted by Crippen LogP contribution is -2.45. The van der Waals surface area contributed by atoms with Crippen LogP contribution in [0.5, 0.6) is 0 Å². The number of amides is 1. The van der Waals surface area contributed by atoms with E-state index in [9.17, 15) is 4.79 Å². The fourth-order valence-corrected chi connectivity index (χ4v) is 5.42. The van der Waals surface area contributed by atoms with Gasteiger partial charge in [0.25, 0.3) is 0 Å². The van der Waals surface area contributed by atoms with E-state index in [1.165, 1.54) is 11.1 Å². The number of aromatic nitrogens is 3. The minimum absolute atomic E-state index is 0.103. The number of hydrogen-bond acceptors (Lipinski definition) is 5. The van der Waals surface area contributed by atoms with E-state index in [4.69, 9.17) is 10.1 Å². The van der Waals surface area contributed by atoms with Crippen molar-refractivity contribution < 1.29 is 4.79 Å². The molecular formula is C26H29N5OS. The van der Waals surface area contributed by atoms with Crippen molar-refractivity contribution in [2.75, 3.05) is 18.0 Å². The fraction of sp³-hybridized carbons (Fsp3) is 0.346. The maximum absolute atomic E-state index is 12.5. The molecule has 0 saturated carbocycles. The first-order valence-corrected chi connectivity index (χ1v) is 12.3. The molecule has 1 aliphatic rings. The van der Waals surface area contributed by atoms with Crippen LogP contribution in [0.3, 0.4) is 0 Å². The van der Waals surface area contributed by atoms with E-state index < -0.39 is 0 Å². The molecule has 0 unspecified atom stereocenters. The summed E-state index contributed by atoms with van der Waals surface area (Å²) >= 11 is 1.71. The molecular weight excluding hydrogens is 430 g/mol. The largest absolute Gasteiger partial charge is 0.353 e. The number of carbonyl (C=O) groups is 1. The Balaban J connectivity index is 1.23. The number of benzene rings is 2. The van der Waals surface area contributed by atoms with Crippen molar-refractivity contribution >= 4 is 32.7 Å². The Kier molecular flexibility index (Phi) is 5.89. The average Bonchev–Trinajstić information content (AvgIpc) is 3.36. The van der Waals surface area contributed by atoms with Gasteiger partial charge in [-0.1, -0.05) is 53.3 Å². The van der Waals surface area contributed by atoms with Crippen LogP contribution in [0.1, 0.15) is 35.2 Å². The first kappa shape index (κ1) is 21.6. The molecule has 1 saturated heterocycles. The fourth-order valence-electron chi connectivity index (χ4n) is 4.38. The molecule has 1 fully saturated rings. The van der Waals surface area contributed by atoms with E-state index >= 15 is 0 Å². The van der Waals surface area contributed by atoms with Gasteiger partial charge in [0, 0.05) is 19.1 Å². The van der Waals surface area contributed by atoms with E-state index in [1.54, 1.807) is 11.3 Å². The molecule has 0 bridgehead atoms. The van der Waals surface area contributed by atoms with Gasteiger partial charge >= 0.3 is 0 Å². The number of anilines is 1. The van der Waals surface area contributed by atoms with Crippen molar-refractivity contribution in [3.63, 3.8) is 0 Å². The van der Waals surface area contributed by atoms with Crippen LogP contribution in [0.15, 0.2) is 48.5 Å². The molecule has 1 amide bonds. The van der Waals surface area contributed by atoms with Gasteiger partial charge in [0.05, 0.1) is 22.5 Å². The number of fused-ring (bicyclic) bond motifs is 1. The van der Waals surface area contributed by atoms with Gasteiger partial charge in [0.1, 0.15) is 0 Å². The van der Waals surface area contributed by atoms with E-state index in [0.29, 0.717) is 6.42 Å². The number of nitrogens with one attached hydrogen (secondary N) is 1. The highest BCUT2D eigenvalue weighted by molar-refractivity contribution is 7.22. The monoisotopic (exact) mass is 459 g/mol. The summed E-state index contributed by atoms with van der Waals surface area (Å²) in [5, 5.41) is 8.99. The third-order valence-electron chi connectivity index (χ3n) is 6.24. The Hall–Kier alpha value is -3.19. The van der Waals surface area contributed by atoms with Crippen molar-refractivity contribution in [1.29, 1.82) is 0 Å². The van der Waals surface area contributed by atoms with Gasteiger partial charge in [-0.2, -0.15) is 10.1 Å². The topological polar surface area (TPSA) is 63.1 Å². The zero-order chi connectivity index (χ0) is 22.9. The summed E-state index contributed by atoms with van der Waals surface area (Å²) in [6.07, 6.45) is 2.30. The number of thiazole rings is 1. The van der Waals surface area contributed by atoms with Crippen LogP contribution in [-0.4, -0.2) is 39.8 Å². The quantitative estimate of drug-likeness (QED) is 0.468. The smallest absolute Gasteiger partial charge is 0.224 e. The minimum atomic E-state index is 0.103. The minimum Gasteiger partial charge on any atom is -0.353 e. The third kappa shape index (κ3) is 4.64. The summed E-state index contributed by atoms with van der Waals surface area (Å²) < 4.78 is 3.09. The second kappa shape index (κ2) is 8.98. The number of hydrogen-bond donors (Lipinski definition) is 1. The van der Waals surface area contributed by atoms with E-state index in [1.807, 2.05) is 23.7 Å². The van der Waals surface area contributed by atoms with Crippen LogP contribution in [-0.2, 0) is 11.2 Å². The van der Waals surface area contributed by atoms with Crippen molar-refractivity contribution in [2.24, 2.45) is 0 Å². The molecule has 0 aliphatic carbocycles. The van der Waals surface area contributed by atoms with Crippen LogP contribution in [0.2, 0.25) is 0 Å². The molecule has 0 spiro atoms. The second-order valence-electron chi connectivity index (χ2n) is 8.98. The van der Waals surface area contributed by atoms with Crippen LogP contribution in [0, 0.1) is 20.8 Å². The summed E-state index contributed by atoms with van der Waals surface area (Å²) in [5.41, 5.74) is 6.45. The van der Waals surface area contributed by atoms with Crippen molar-refractivity contribution in [3.8, 4) is 5.69 Å². The lowest BCUT2D eigenvalue weighted by atomic mass is 10.0. The summed E-state index contributed by atoms with van der Waals surface area (Å²) in [7, 11) is 0. The van der Waals surface area contributed by atoms with Crippen molar-refractivity contribution in [2.45, 2.75) is 46.1 Å². The van der Waals surface area contributed by atoms with Gasteiger partial charge in [-0.05, 0) is 56.9 Å². The van der Waals surface area contributed by atoms with Gasteiger partial charge < -0.3 is 10.2 Å². The first-order chi connectivity index (χ1) is 16.0. The zero-order valence-corrected chi connectivity index (χ0v) is 20.2. The molecule has 2 aromatic heterocycles. The van der Waals surface area contributed by atoms with E-state index in [2.05, 4.69) is 60.5 Å². The van der Waals surface area contributed by atoms with Crippen LogP contribution in [0.25, 0.3) is 16.0 Å². The van der Waals surface area contributed by atoms with E-state index in [0.717, 1.165) is 58.4 Å². The number of nitrogens with zero attached hydrogens (tertiary/aromatic N) is 4. The second-order valence-corrected chi connectivity index (χ2v) is 9.95. The third-order valence-corrected chi connectivity index (χ3v) is 7.45. The van der Waals surface area contributed by atoms with Crippen LogP contribution in [0.4, 0.5) is 5.13 Å². The molecule has 3 heterocycles. The Morgan fingerprint density at radius 1 is 1.06 bits per heavy atom. The lowest BCUT2D eigenvalue weighted by Gasteiger charge is -2.32. The summed E-state index contributed by atoms with van der Waals surface area (Å²) in [5.74, 6) is 0.103. The highest BCUT2D eigenvalue weighted by Crippen LogP contribution is 2.33. The van der Waals surface area contributed by atoms with Crippen molar-refractivity contribution in [3.05, 3.63) is 70.9 Å². The Bertz CT molecular complexity index is 1280. The zero-order valence-electron chi connectivity index (χ0n) is 19.3. The van der Waals surface area contributed by atoms with Gasteiger partial charge in [0.2, 0.25) is 5.91 Å². The SMILES string of the molecule is Cc1ccc(CC(=O)NC2CCN(c3nc4c(s3)c(C)nn4-c3cccc(C)c3)CC2)cc1. The molecule has 1 aliphatic heterocycles. The van der Waals surface area contributed by atoms with Crippen molar-refractivity contribution in [1.82, 2.24) is 20.1 Å². The molecule has 1 N–H and O–H groups in total. The molecule has 33 heavy (non-hydrogen) atoms. The first-order valence-electron chi connectivity index (χ1n) is 11.5. The highest BCUT2D eigenvalue weighted by atomic mass is 32.1. The maximum atomic E-state index is 12.5. The average molecular weight is 460 g/mol. The molecule has 6 nitrogen and oxygen atoms in total. The maximum Gasteiger partial charge on any atom is 0.224 e. The van der Waals surface area contributed by atoms with Crippen LogP contribution < -0.4 is 10.2 Å². The Morgan fingerprint density at radius 3 is 2.55 bits per heavy atom. The standard InChI is InChI=1S/C26H29N5OS/c1-17-7-9-20(10-8-17)16-23(32)27-21-11-13-30(14-12-21)26-28-25-24(33-26)19(3)29-31(25)22-6-4-5-18(2)15-22/h4-10,15,21H,11-14,16H2,1-3H3,(H,27,32). The number of rotatable bonds is 5. The van der Waals surface area contributed by atoms with Crippen LogP contribution >= 0.6 is 11.3 Å². The predicted molar refractivity (Wildman–Crippen MR) is 134 cm³/mol. The molecule has 0 atom stereocenters. The van der Waals surface area contributed by atoms with Gasteiger partial charge in [-0.25, -0.2) is 4.68 Å². The Labute approximate surface area is 198 Å². The highest BCUT2D eigenvalue weighted by Gasteiger charge is 2.24. The lowest BCUT2D eigenvalue weighted by molar-refractivity contribution is -0.121. The van der Waals surface area contributed by atoms with E-state index in [-0.39, 0.29) is 11.9 Å². The molecule has 2 aromatic carbocycles. The molecule has 5 rings (SSSR count). The summed E-state index contributed by atoms with van der Waals surface area (Å²) in [6.45, 7) is 7.98.